The van der Waals surface area contributed by atoms with Crippen LogP contribution < -0.4 is 0 Å². The van der Waals surface area contributed by atoms with Crippen LogP contribution in [-0.4, -0.2) is 22.8 Å². The lowest BCUT2D eigenvalue weighted by Crippen LogP contribution is -2.56. The summed E-state index contributed by atoms with van der Waals surface area (Å²) in [6.45, 7) is 6.29. The number of hydrogen-bond donors (Lipinski definition) is 1. The smallest absolute Gasteiger partial charge is 0.302 e. The second-order valence-electron chi connectivity index (χ2n) is 10.2. The van der Waals surface area contributed by atoms with Crippen molar-refractivity contribution in [3.8, 4) is 12.3 Å². The van der Waals surface area contributed by atoms with Gasteiger partial charge in [0.25, 0.3) is 0 Å². The van der Waals surface area contributed by atoms with Crippen molar-refractivity contribution in [3.63, 3.8) is 0 Å². The molecular weight excluding hydrogens is 324 g/mol. The maximum atomic E-state index is 11.4. The SMILES string of the molecule is C#C[C@@]1(O)CC[C@@H]2[C@@H]3CC[C@@H]4C[C@H](OC(C)=O)CC[C@]4(C)[C@H]3CC[C@]21C. The predicted molar refractivity (Wildman–Crippen MR) is 101 cm³/mol. The van der Waals surface area contributed by atoms with Crippen LogP contribution in [-0.2, 0) is 9.53 Å². The van der Waals surface area contributed by atoms with E-state index in [4.69, 9.17) is 11.2 Å². The third-order valence-corrected chi connectivity index (χ3v) is 9.34. The fourth-order valence-electron chi connectivity index (χ4n) is 7.81. The van der Waals surface area contributed by atoms with E-state index in [9.17, 15) is 9.90 Å². The molecule has 0 amide bonds. The minimum absolute atomic E-state index is 0.110. The predicted octanol–water partition coefficient (Wildman–Crippen LogP) is 4.33. The van der Waals surface area contributed by atoms with Gasteiger partial charge in [-0.1, -0.05) is 19.8 Å². The van der Waals surface area contributed by atoms with Crippen molar-refractivity contribution in [1.29, 1.82) is 0 Å². The highest BCUT2D eigenvalue weighted by atomic mass is 16.5. The lowest BCUT2D eigenvalue weighted by molar-refractivity contribution is -0.163. The molecule has 4 aliphatic carbocycles. The summed E-state index contributed by atoms with van der Waals surface area (Å²) in [6.07, 6.45) is 15.7. The normalized spacial score (nSPS) is 53.0. The Hall–Kier alpha value is -1.01. The molecule has 0 aromatic heterocycles. The van der Waals surface area contributed by atoms with Crippen LogP contribution >= 0.6 is 0 Å². The Bertz CT molecular complexity index is 636. The molecule has 8 atom stereocenters. The molecular formula is C23H34O3. The van der Waals surface area contributed by atoms with Gasteiger partial charge >= 0.3 is 5.97 Å². The highest BCUT2D eigenvalue weighted by molar-refractivity contribution is 5.66. The molecule has 0 bridgehead atoms. The summed E-state index contributed by atoms with van der Waals surface area (Å²) in [5, 5.41) is 11.1. The van der Waals surface area contributed by atoms with Gasteiger partial charge in [0.2, 0.25) is 0 Å². The first-order valence-electron chi connectivity index (χ1n) is 10.6. The van der Waals surface area contributed by atoms with Gasteiger partial charge in [0.05, 0.1) is 0 Å². The molecule has 0 heterocycles. The molecule has 0 radical (unpaired) electrons. The van der Waals surface area contributed by atoms with E-state index in [2.05, 4.69) is 19.8 Å². The van der Waals surface area contributed by atoms with E-state index in [1.54, 1.807) is 0 Å². The van der Waals surface area contributed by atoms with Crippen LogP contribution in [0.5, 0.6) is 0 Å². The third kappa shape index (κ3) is 2.40. The van der Waals surface area contributed by atoms with Gasteiger partial charge in [0.15, 0.2) is 0 Å². The molecule has 0 saturated heterocycles. The Labute approximate surface area is 158 Å². The van der Waals surface area contributed by atoms with Crippen molar-refractivity contribution in [2.45, 2.75) is 90.3 Å². The summed E-state index contributed by atoms with van der Waals surface area (Å²) in [5.74, 6) is 5.29. The Morgan fingerprint density at radius 3 is 2.50 bits per heavy atom. The van der Waals surface area contributed by atoms with Crippen molar-refractivity contribution < 1.29 is 14.6 Å². The zero-order valence-corrected chi connectivity index (χ0v) is 16.6. The van der Waals surface area contributed by atoms with E-state index in [1.165, 1.54) is 32.6 Å². The summed E-state index contributed by atoms with van der Waals surface area (Å²) in [6, 6.07) is 0. The van der Waals surface area contributed by atoms with Gasteiger partial charge in [-0.25, -0.2) is 0 Å². The fraction of sp³-hybridized carbons (Fsp3) is 0.870. The number of carbonyl (C=O) groups excluding carboxylic acids is 1. The first-order valence-corrected chi connectivity index (χ1v) is 10.6. The highest BCUT2D eigenvalue weighted by Crippen LogP contribution is 2.68. The molecule has 4 rings (SSSR count). The average molecular weight is 359 g/mol. The molecule has 3 nitrogen and oxygen atoms in total. The van der Waals surface area contributed by atoms with Crippen molar-refractivity contribution >= 4 is 5.97 Å². The minimum Gasteiger partial charge on any atom is -0.463 e. The first kappa shape index (κ1) is 18.4. The second-order valence-corrected chi connectivity index (χ2v) is 10.2. The number of ether oxygens (including phenoxy) is 1. The van der Waals surface area contributed by atoms with Crippen LogP contribution in [0.15, 0.2) is 0 Å². The zero-order valence-electron chi connectivity index (χ0n) is 16.6. The Balaban J connectivity index is 1.56. The number of fused-ring (bicyclic) bond motifs is 5. The topological polar surface area (TPSA) is 46.5 Å². The number of carbonyl (C=O) groups is 1. The van der Waals surface area contributed by atoms with Crippen molar-refractivity contribution in [1.82, 2.24) is 0 Å². The van der Waals surface area contributed by atoms with Gasteiger partial charge in [0, 0.05) is 12.3 Å². The van der Waals surface area contributed by atoms with Gasteiger partial charge in [-0.2, -0.15) is 0 Å². The number of aliphatic hydroxyl groups is 1. The summed E-state index contributed by atoms with van der Waals surface area (Å²) in [5.41, 5.74) is -0.661. The maximum absolute atomic E-state index is 11.4. The number of rotatable bonds is 1. The van der Waals surface area contributed by atoms with Crippen LogP contribution in [0.25, 0.3) is 0 Å². The molecule has 4 saturated carbocycles. The summed E-state index contributed by atoms with van der Waals surface area (Å²) >= 11 is 0. The van der Waals surface area contributed by atoms with Crippen molar-refractivity contribution in [2.24, 2.45) is 34.5 Å². The van der Waals surface area contributed by atoms with Crippen LogP contribution in [0.2, 0.25) is 0 Å². The molecule has 0 aliphatic heterocycles. The minimum atomic E-state index is -0.909. The molecule has 4 aliphatic rings. The molecule has 3 heteroatoms. The van der Waals surface area contributed by atoms with E-state index in [0.717, 1.165) is 38.0 Å². The zero-order chi connectivity index (χ0) is 18.7. The van der Waals surface area contributed by atoms with Crippen LogP contribution in [0.4, 0.5) is 0 Å². The largest absolute Gasteiger partial charge is 0.463 e. The van der Waals surface area contributed by atoms with Gasteiger partial charge in [0.1, 0.15) is 11.7 Å². The van der Waals surface area contributed by atoms with E-state index < -0.39 is 5.60 Å². The summed E-state index contributed by atoms with van der Waals surface area (Å²) in [4.78, 5) is 11.4. The van der Waals surface area contributed by atoms with Crippen LogP contribution in [0.1, 0.15) is 78.6 Å². The van der Waals surface area contributed by atoms with Gasteiger partial charge in [-0.3, -0.25) is 4.79 Å². The fourth-order valence-corrected chi connectivity index (χ4v) is 7.81. The molecule has 1 N–H and O–H groups in total. The van der Waals surface area contributed by atoms with Crippen LogP contribution in [0.3, 0.4) is 0 Å². The van der Waals surface area contributed by atoms with E-state index >= 15 is 0 Å². The van der Waals surface area contributed by atoms with E-state index in [0.29, 0.717) is 23.2 Å². The number of hydrogen-bond acceptors (Lipinski definition) is 3. The molecule has 144 valence electrons. The van der Waals surface area contributed by atoms with Gasteiger partial charge in [-0.15, -0.1) is 6.42 Å². The standard InChI is InChI=1S/C23H34O3/c1-5-23(25)13-10-20-18-7-6-16-14-17(26-15(2)24)8-11-21(16,3)19(18)9-12-22(20,23)4/h1,16-20,25H,6-14H2,2-4H3/t16-,17-,18-,19+,20-,21+,22-,23-/m1/s1. The van der Waals surface area contributed by atoms with E-state index in [-0.39, 0.29) is 17.5 Å². The summed E-state index contributed by atoms with van der Waals surface area (Å²) < 4.78 is 5.55. The van der Waals surface area contributed by atoms with Gasteiger partial charge in [-0.05, 0) is 86.9 Å². The summed E-state index contributed by atoms with van der Waals surface area (Å²) in [7, 11) is 0. The quantitative estimate of drug-likeness (QED) is 0.561. The molecule has 0 spiro atoms. The molecule has 0 unspecified atom stereocenters. The number of terminal acetylenes is 1. The monoisotopic (exact) mass is 358 g/mol. The Kier molecular flexibility index (Phi) is 4.23. The number of esters is 1. The third-order valence-electron chi connectivity index (χ3n) is 9.34. The lowest BCUT2D eigenvalue weighted by Gasteiger charge is -2.61. The Morgan fingerprint density at radius 2 is 1.81 bits per heavy atom. The molecule has 0 aromatic rings. The highest BCUT2D eigenvalue weighted by Gasteiger charge is 2.64. The molecule has 0 aromatic carbocycles. The average Bonchev–Trinajstić information content (AvgIpc) is 2.87. The first-order chi connectivity index (χ1) is 12.2. The maximum Gasteiger partial charge on any atom is 0.302 e. The van der Waals surface area contributed by atoms with Crippen molar-refractivity contribution in [3.05, 3.63) is 0 Å². The lowest BCUT2D eigenvalue weighted by atomic mass is 9.44. The second kappa shape index (κ2) is 5.99. The van der Waals surface area contributed by atoms with Crippen LogP contribution in [0, 0.1) is 46.8 Å². The van der Waals surface area contributed by atoms with Crippen molar-refractivity contribution in [2.75, 3.05) is 0 Å². The van der Waals surface area contributed by atoms with E-state index in [1.807, 2.05) is 0 Å². The van der Waals surface area contributed by atoms with Gasteiger partial charge < -0.3 is 9.84 Å². The molecule has 4 fully saturated rings. The Morgan fingerprint density at radius 1 is 1.08 bits per heavy atom. The molecule has 26 heavy (non-hydrogen) atoms.